The van der Waals surface area contributed by atoms with Crippen LogP contribution in [0.5, 0.6) is 0 Å². The van der Waals surface area contributed by atoms with Crippen LogP contribution in [0.4, 0.5) is 0 Å². The van der Waals surface area contributed by atoms with Gasteiger partial charge in [0.15, 0.2) is 5.78 Å². The molecule has 1 N–H and O–H groups in total. The highest BCUT2D eigenvalue weighted by Gasteiger charge is 2.25. The fourth-order valence-corrected chi connectivity index (χ4v) is 5.36. The van der Waals surface area contributed by atoms with Gasteiger partial charge in [0.05, 0.1) is 4.90 Å². The van der Waals surface area contributed by atoms with Gasteiger partial charge in [-0.15, -0.1) is 0 Å². The van der Waals surface area contributed by atoms with Crippen LogP contribution in [0.3, 0.4) is 0 Å². The van der Waals surface area contributed by atoms with Gasteiger partial charge in [0, 0.05) is 38.0 Å². The Balaban J connectivity index is 1.46. The lowest BCUT2D eigenvalue weighted by molar-refractivity contribution is -0.121. The summed E-state index contributed by atoms with van der Waals surface area (Å²) in [6.07, 6.45) is 5.20. The summed E-state index contributed by atoms with van der Waals surface area (Å²) in [5.74, 6) is -0.249. The Kier molecular flexibility index (Phi) is 8.59. The van der Waals surface area contributed by atoms with Crippen molar-refractivity contribution in [1.29, 1.82) is 0 Å². The molecule has 172 valence electrons. The second-order valence-electron chi connectivity index (χ2n) is 8.26. The molecule has 0 aromatic heterocycles. The third-order valence-corrected chi connectivity index (χ3v) is 7.67. The van der Waals surface area contributed by atoms with Crippen LogP contribution in [0.1, 0.15) is 66.9 Å². The van der Waals surface area contributed by atoms with E-state index in [9.17, 15) is 18.0 Å². The lowest BCUT2D eigenvalue weighted by Gasteiger charge is -2.25. The number of ketones is 1. The minimum atomic E-state index is -3.45. The number of nitrogens with one attached hydrogen (secondary N) is 1. The molecule has 32 heavy (non-hydrogen) atoms. The molecule has 1 aliphatic rings. The standard InChI is InChI=1S/C25H32N2O4S/c1-2-6-20-7-11-22(12-8-20)24(28)15-16-25(29)26-19-21-9-13-23(14-10-21)32(30,31)27-17-4-3-5-18-27/h7-14H,2-6,15-19H2,1H3,(H,26,29). The Morgan fingerprint density at radius 2 is 1.50 bits per heavy atom. The van der Waals surface area contributed by atoms with Crippen molar-refractivity contribution in [2.75, 3.05) is 13.1 Å². The van der Waals surface area contributed by atoms with Crippen molar-refractivity contribution in [3.8, 4) is 0 Å². The molecule has 3 rings (SSSR count). The van der Waals surface area contributed by atoms with Crippen molar-refractivity contribution in [3.63, 3.8) is 0 Å². The number of hydrogen-bond donors (Lipinski definition) is 1. The largest absolute Gasteiger partial charge is 0.352 e. The Hall–Kier alpha value is -2.51. The van der Waals surface area contributed by atoms with Gasteiger partial charge >= 0.3 is 0 Å². The second kappa shape index (κ2) is 11.4. The molecule has 6 nitrogen and oxygen atoms in total. The fourth-order valence-electron chi connectivity index (χ4n) is 3.84. The van der Waals surface area contributed by atoms with Gasteiger partial charge in [-0.1, -0.05) is 56.2 Å². The van der Waals surface area contributed by atoms with E-state index >= 15 is 0 Å². The zero-order valence-electron chi connectivity index (χ0n) is 18.7. The summed E-state index contributed by atoms with van der Waals surface area (Å²) in [7, 11) is -3.45. The van der Waals surface area contributed by atoms with Gasteiger partial charge in [-0.05, 0) is 42.5 Å². The predicted octanol–water partition coefficient (Wildman–Crippen LogP) is 4.09. The van der Waals surface area contributed by atoms with Gasteiger partial charge in [-0.3, -0.25) is 9.59 Å². The summed E-state index contributed by atoms with van der Waals surface area (Å²) in [6, 6.07) is 14.2. The molecule has 1 amide bonds. The first-order valence-electron chi connectivity index (χ1n) is 11.4. The Morgan fingerprint density at radius 3 is 2.12 bits per heavy atom. The molecule has 0 saturated carbocycles. The van der Waals surface area contributed by atoms with E-state index in [0.29, 0.717) is 25.2 Å². The van der Waals surface area contributed by atoms with E-state index < -0.39 is 10.0 Å². The highest BCUT2D eigenvalue weighted by molar-refractivity contribution is 7.89. The van der Waals surface area contributed by atoms with Gasteiger partial charge in [0.1, 0.15) is 0 Å². The van der Waals surface area contributed by atoms with Crippen molar-refractivity contribution < 1.29 is 18.0 Å². The summed E-state index contributed by atoms with van der Waals surface area (Å²) in [6.45, 7) is 3.55. The SMILES string of the molecule is CCCc1ccc(C(=O)CCC(=O)NCc2ccc(S(=O)(=O)N3CCCCC3)cc2)cc1. The summed E-state index contributed by atoms with van der Waals surface area (Å²) in [5.41, 5.74) is 2.65. The van der Waals surface area contributed by atoms with Gasteiger partial charge in [-0.25, -0.2) is 8.42 Å². The number of hydrogen-bond acceptors (Lipinski definition) is 4. The summed E-state index contributed by atoms with van der Waals surface area (Å²) in [4.78, 5) is 24.8. The highest BCUT2D eigenvalue weighted by Crippen LogP contribution is 2.21. The van der Waals surface area contributed by atoms with Crippen LogP contribution in [0, 0.1) is 0 Å². The lowest BCUT2D eigenvalue weighted by Crippen LogP contribution is -2.35. The predicted molar refractivity (Wildman–Crippen MR) is 125 cm³/mol. The number of nitrogens with zero attached hydrogens (tertiary/aromatic N) is 1. The number of sulfonamides is 1. The maximum absolute atomic E-state index is 12.7. The molecule has 2 aromatic carbocycles. The van der Waals surface area contributed by atoms with Crippen molar-refractivity contribution >= 4 is 21.7 Å². The summed E-state index contributed by atoms with van der Waals surface area (Å²) < 4.78 is 27.0. The molecule has 1 fully saturated rings. The monoisotopic (exact) mass is 456 g/mol. The lowest BCUT2D eigenvalue weighted by atomic mass is 10.0. The molecule has 0 spiro atoms. The van der Waals surface area contributed by atoms with Gasteiger partial charge in [0.25, 0.3) is 0 Å². The zero-order valence-corrected chi connectivity index (χ0v) is 19.5. The number of rotatable bonds is 10. The number of benzene rings is 2. The second-order valence-corrected chi connectivity index (χ2v) is 10.2. The maximum atomic E-state index is 12.7. The maximum Gasteiger partial charge on any atom is 0.243 e. The normalized spacial score (nSPS) is 14.8. The average Bonchev–Trinajstić information content (AvgIpc) is 2.82. The third-order valence-electron chi connectivity index (χ3n) is 5.76. The topological polar surface area (TPSA) is 83.5 Å². The molecule has 0 bridgehead atoms. The molecule has 0 atom stereocenters. The number of aryl methyl sites for hydroxylation is 1. The molecular weight excluding hydrogens is 424 g/mol. The minimum absolute atomic E-state index is 0.0459. The Morgan fingerprint density at radius 1 is 0.875 bits per heavy atom. The van der Waals surface area contributed by atoms with E-state index in [1.165, 1.54) is 5.56 Å². The molecule has 0 radical (unpaired) electrons. The van der Waals surface area contributed by atoms with Crippen molar-refractivity contribution in [2.45, 2.75) is 63.3 Å². The quantitative estimate of drug-likeness (QED) is 0.546. The van der Waals surface area contributed by atoms with Crippen LogP contribution in [0.15, 0.2) is 53.4 Å². The fraction of sp³-hybridized carbons (Fsp3) is 0.440. The van der Waals surface area contributed by atoms with E-state index in [-0.39, 0.29) is 29.4 Å². The van der Waals surface area contributed by atoms with Crippen molar-refractivity contribution in [1.82, 2.24) is 9.62 Å². The van der Waals surface area contributed by atoms with E-state index in [2.05, 4.69) is 12.2 Å². The molecular formula is C25H32N2O4S. The Bertz CT molecular complexity index is 1010. The average molecular weight is 457 g/mol. The van der Waals surface area contributed by atoms with Crippen LogP contribution >= 0.6 is 0 Å². The van der Waals surface area contributed by atoms with Crippen LogP contribution in [-0.4, -0.2) is 37.5 Å². The van der Waals surface area contributed by atoms with E-state index in [1.807, 2.05) is 24.3 Å². The third kappa shape index (κ3) is 6.50. The van der Waals surface area contributed by atoms with Crippen LogP contribution < -0.4 is 5.32 Å². The zero-order chi connectivity index (χ0) is 23.0. The van der Waals surface area contributed by atoms with E-state index in [4.69, 9.17) is 0 Å². The first kappa shape index (κ1) is 24.1. The molecule has 0 aliphatic carbocycles. The van der Waals surface area contributed by atoms with Crippen LogP contribution in [0.25, 0.3) is 0 Å². The molecule has 2 aromatic rings. The first-order chi connectivity index (χ1) is 15.4. The Labute approximate surface area is 191 Å². The van der Waals surface area contributed by atoms with Crippen LogP contribution in [-0.2, 0) is 27.8 Å². The number of Topliss-reactive ketones (excluding diaryl/α,β-unsaturated/α-hetero) is 1. The highest BCUT2D eigenvalue weighted by atomic mass is 32.2. The van der Waals surface area contributed by atoms with Gasteiger partial charge in [0.2, 0.25) is 15.9 Å². The smallest absolute Gasteiger partial charge is 0.243 e. The molecule has 1 saturated heterocycles. The summed E-state index contributed by atoms with van der Waals surface area (Å²) in [5, 5.41) is 2.80. The van der Waals surface area contributed by atoms with Gasteiger partial charge in [-0.2, -0.15) is 4.31 Å². The summed E-state index contributed by atoms with van der Waals surface area (Å²) >= 11 is 0. The molecule has 7 heteroatoms. The van der Waals surface area contributed by atoms with E-state index in [1.54, 1.807) is 28.6 Å². The van der Waals surface area contributed by atoms with Crippen molar-refractivity contribution in [3.05, 3.63) is 65.2 Å². The van der Waals surface area contributed by atoms with E-state index in [0.717, 1.165) is 37.7 Å². The first-order valence-corrected chi connectivity index (χ1v) is 12.8. The molecule has 1 heterocycles. The minimum Gasteiger partial charge on any atom is -0.352 e. The molecule has 0 unspecified atom stereocenters. The molecule has 1 aliphatic heterocycles. The van der Waals surface area contributed by atoms with Crippen molar-refractivity contribution in [2.24, 2.45) is 0 Å². The number of carbonyl (C=O) groups is 2. The number of piperidine rings is 1. The number of amides is 1. The van der Waals surface area contributed by atoms with Crippen LogP contribution in [0.2, 0.25) is 0 Å². The van der Waals surface area contributed by atoms with Gasteiger partial charge < -0.3 is 5.32 Å². The number of carbonyl (C=O) groups excluding carboxylic acids is 2.